The minimum absolute atomic E-state index is 0.0465. The lowest BCUT2D eigenvalue weighted by atomic mass is 10.1. The van der Waals surface area contributed by atoms with Crippen molar-refractivity contribution < 1.29 is 13.7 Å². The van der Waals surface area contributed by atoms with Crippen LogP contribution in [0.25, 0.3) is 22.4 Å². The molecule has 0 atom stereocenters. The number of benzene rings is 2. The van der Waals surface area contributed by atoms with E-state index in [4.69, 9.17) is 16.1 Å². The van der Waals surface area contributed by atoms with Crippen LogP contribution in [-0.2, 0) is 11.3 Å². The van der Waals surface area contributed by atoms with Gasteiger partial charge in [-0.15, -0.1) is 0 Å². The van der Waals surface area contributed by atoms with E-state index in [0.29, 0.717) is 22.8 Å². The van der Waals surface area contributed by atoms with Gasteiger partial charge in [0.1, 0.15) is 29.8 Å². The molecule has 2 aromatic carbocycles. The average molecular weight is 427 g/mol. The summed E-state index contributed by atoms with van der Waals surface area (Å²) in [6, 6.07) is 12.4. The van der Waals surface area contributed by atoms with E-state index in [2.05, 4.69) is 10.1 Å². The van der Waals surface area contributed by atoms with Gasteiger partial charge in [-0.25, -0.2) is 9.37 Å². The zero-order chi connectivity index (χ0) is 21.3. The summed E-state index contributed by atoms with van der Waals surface area (Å²) in [7, 11) is 0. The third kappa shape index (κ3) is 3.69. The smallest absolute Gasteiger partial charge is 0.267 e. The molecular formula is C21H16ClFN4O3. The van der Waals surface area contributed by atoms with Crippen molar-refractivity contribution in [2.75, 3.05) is 11.4 Å². The molecule has 0 fully saturated rings. The number of rotatable bonds is 5. The SMILES string of the molecule is CCN(C(=O)Cn1cnc2onc(-c3ccc(F)cc3)c2c1=O)c1cccc(Cl)c1. The number of hydrogen-bond donors (Lipinski definition) is 0. The number of aromatic nitrogens is 3. The highest BCUT2D eigenvalue weighted by Crippen LogP contribution is 2.24. The van der Waals surface area contributed by atoms with Crippen LogP contribution in [0, 0.1) is 5.82 Å². The largest absolute Gasteiger partial charge is 0.335 e. The van der Waals surface area contributed by atoms with Crippen LogP contribution in [-0.4, -0.2) is 27.2 Å². The van der Waals surface area contributed by atoms with Gasteiger partial charge in [-0.05, 0) is 49.4 Å². The number of amides is 1. The number of likely N-dealkylation sites (N-methyl/N-ethyl adjacent to an activating group) is 1. The monoisotopic (exact) mass is 426 g/mol. The Kier molecular flexibility index (Phi) is 5.33. The van der Waals surface area contributed by atoms with Crippen molar-refractivity contribution in [3.8, 4) is 11.3 Å². The summed E-state index contributed by atoms with van der Waals surface area (Å²) in [5, 5.41) is 4.54. The zero-order valence-corrected chi connectivity index (χ0v) is 16.6. The van der Waals surface area contributed by atoms with Gasteiger partial charge in [0.2, 0.25) is 5.91 Å². The van der Waals surface area contributed by atoms with Crippen LogP contribution in [0.2, 0.25) is 5.02 Å². The molecule has 4 rings (SSSR count). The van der Waals surface area contributed by atoms with Crippen LogP contribution in [0.3, 0.4) is 0 Å². The Balaban J connectivity index is 1.70. The number of fused-ring (bicyclic) bond motifs is 1. The zero-order valence-electron chi connectivity index (χ0n) is 15.9. The highest BCUT2D eigenvalue weighted by molar-refractivity contribution is 6.30. The lowest BCUT2D eigenvalue weighted by Gasteiger charge is -2.21. The van der Waals surface area contributed by atoms with E-state index in [1.54, 1.807) is 24.3 Å². The summed E-state index contributed by atoms with van der Waals surface area (Å²) in [6.45, 7) is 2.00. The van der Waals surface area contributed by atoms with E-state index < -0.39 is 11.4 Å². The predicted octanol–water partition coefficient (Wildman–Crippen LogP) is 3.90. The summed E-state index contributed by atoms with van der Waals surface area (Å²) in [5.74, 6) is -0.712. The van der Waals surface area contributed by atoms with Gasteiger partial charge in [0, 0.05) is 22.8 Å². The van der Waals surface area contributed by atoms with E-state index in [-0.39, 0.29) is 29.2 Å². The highest BCUT2D eigenvalue weighted by atomic mass is 35.5. The molecule has 9 heteroatoms. The molecule has 4 aromatic rings. The van der Waals surface area contributed by atoms with Crippen molar-refractivity contribution >= 4 is 34.3 Å². The van der Waals surface area contributed by atoms with Gasteiger partial charge in [-0.3, -0.25) is 14.2 Å². The molecule has 0 bridgehead atoms. The molecule has 0 aliphatic carbocycles. The van der Waals surface area contributed by atoms with Gasteiger partial charge in [0.05, 0.1) is 0 Å². The molecule has 2 aromatic heterocycles. The van der Waals surface area contributed by atoms with Crippen LogP contribution in [0.5, 0.6) is 0 Å². The van der Waals surface area contributed by atoms with Crippen LogP contribution in [0.1, 0.15) is 6.92 Å². The summed E-state index contributed by atoms with van der Waals surface area (Å²) < 4.78 is 19.6. The first-order valence-corrected chi connectivity index (χ1v) is 9.52. The minimum Gasteiger partial charge on any atom is -0.335 e. The Hall–Kier alpha value is -3.52. The minimum atomic E-state index is -0.476. The maximum Gasteiger partial charge on any atom is 0.267 e. The molecule has 0 N–H and O–H groups in total. The van der Waals surface area contributed by atoms with Crippen molar-refractivity contribution in [1.29, 1.82) is 0 Å². The number of anilines is 1. The number of hydrogen-bond acceptors (Lipinski definition) is 5. The fraction of sp³-hybridized carbons (Fsp3) is 0.143. The number of carbonyl (C=O) groups excluding carboxylic acids is 1. The van der Waals surface area contributed by atoms with Crippen LogP contribution >= 0.6 is 11.6 Å². The Morgan fingerprint density at radius 1 is 1.23 bits per heavy atom. The van der Waals surface area contributed by atoms with Crippen molar-refractivity contribution in [3.63, 3.8) is 0 Å². The van der Waals surface area contributed by atoms with Crippen LogP contribution in [0.15, 0.2) is 64.2 Å². The third-order valence-corrected chi connectivity index (χ3v) is 4.86. The molecule has 0 unspecified atom stereocenters. The number of carbonyl (C=O) groups is 1. The highest BCUT2D eigenvalue weighted by Gasteiger charge is 2.20. The second-order valence-electron chi connectivity index (χ2n) is 6.51. The molecule has 30 heavy (non-hydrogen) atoms. The molecular weight excluding hydrogens is 411 g/mol. The van der Waals surface area contributed by atoms with E-state index in [1.807, 2.05) is 6.92 Å². The van der Waals surface area contributed by atoms with Crippen molar-refractivity contribution in [2.24, 2.45) is 0 Å². The Bertz CT molecular complexity index is 1280. The molecule has 0 aliphatic heterocycles. The van der Waals surface area contributed by atoms with Crippen LogP contribution < -0.4 is 10.5 Å². The molecule has 0 saturated carbocycles. The molecule has 0 aliphatic rings. The van der Waals surface area contributed by atoms with Gasteiger partial charge in [-0.2, -0.15) is 0 Å². The second-order valence-corrected chi connectivity index (χ2v) is 6.95. The van der Waals surface area contributed by atoms with Gasteiger partial charge < -0.3 is 9.42 Å². The molecule has 0 saturated heterocycles. The summed E-state index contributed by atoms with van der Waals surface area (Å²) >= 11 is 6.03. The first kappa shape index (κ1) is 19.8. The molecule has 2 heterocycles. The normalized spacial score (nSPS) is 11.0. The molecule has 0 spiro atoms. The first-order chi connectivity index (χ1) is 14.5. The van der Waals surface area contributed by atoms with Gasteiger partial charge >= 0.3 is 0 Å². The standard InChI is InChI=1S/C21H16ClFN4O3/c1-2-27(16-5-3-4-14(22)10-16)17(28)11-26-12-24-20-18(21(26)29)19(25-30-20)13-6-8-15(23)9-7-13/h3-10,12H,2,11H2,1H3. The van der Waals surface area contributed by atoms with E-state index in [1.165, 1.54) is 40.1 Å². The lowest BCUT2D eigenvalue weighted by Crippen LogP contribution is -2.36. The fourth-order valence-corrected chi connectivity index (χ4v) is 3.36. The van der Waals surface area contributed by atoms with Crippen molar-refractivity contribution in [2.45, 2.75) is 13.5 Å². The van der Waals surface area contributed by atoms with Gasteiger partial charge in [0.25, 0.3) is 11.3 Å². The Morgan fingerprint density at radius 2 is 2.00 bits per heavy atom. The number of nitrogens with zero attached hydrogens (tertiary/aromatic N) is 4. The van der Waals surface area contributed by atoms with Gasteiger partial charge in [-0.1, -0.05) is 22.8 Å². The molecule has 0 radical (unpaired) electrons. The molecule has 7 nitrogen and oxygen atoms in total. The Morgan fingerprint density at radius 3 is 2.70 bits per heavy atom. The topological polar surface area (TPSA) is 81.2 Å². The maximum atomic E-state index is 13.2. The van der Waals surface area contributed by atoms with Crippen molar-refractivity contribution in [1.82, 2.24) is 14.7 Å². The van der Waals surface area contributed by atoms with Crippen molar-refractivity contribution in [3.05, 3.63) is 76.1 Å². The predicted molar refractivity (Wildman–Crippen MR) is 111 cm³/mol. The van der Waals surface area contributed by atoms with E-state index >= 15 is 0 Å². The second kappa shape index (κ2) is 8.08. The van der Waals surface area contributed by atoms with Gasteiger partial charge in [0.15, 0.2) is 0 Å². The first-order valence-electron chi connectivity index (χ1n) is 9.14. The number of halogens is 2. The summed E-state index contributed by atoms with van der Waals surface area (Å²) in [5.41, 5.74) is 0.953. The van der Waals surface area contributed by atoms with E-state index in [9.17, 15) is 14.0 Å². The summed E-state index contributed by atoms with van der Waals surface area (Å²) in [6.07, 6.45) is 1.24. The lowest BCUT2D eigenvalue weighted by molar-refractivity contribution is -0.119. The quantitative estimate of drug-likeness (QED) is 0.483. The molecule has 1 amide bonds. The maximum absolute atomic E-state index is 13.2. The summed E-state index contributed by atoms with van der Waals surface area (Å²) in [4.78, 5) is 31.6. The van der Waals surface area contributed by atoms with Crippen LogP contribution in [0.4, 0.5) is 10.1 Å². The molecule has 152 valence electrons. The fourth-order valence-electron chi connectivity index (χ4n) is 3.18. The van der Waals surface area contributed by atoms with E-state index in [0.717, 1.165) is 0 Å². The average Bonchev–Trinajstić information content (AvgIpc) is 3.16. The third-order valence-electron chi connectivity index (χ3n) is 4.62. The Labute approximate surface area is 175 Å².